The SMILES string of the molecule is Cc1ccc(CCN2CCN(C(=O)Oc3ccc(CCOc4ccncc4)cc3)CC2)nc1. The Morgan fingerprint density at radius 3 is 2.36 bits per heavy atom. The highest BCUT2D eigenvalue weighted by atomic mass is 16.6. The Balaban J connectivity index is 1.16. The van der Waals surface area contributed by atoms with Gasteiger partial charge < -0.3 is 14.4 Å². The number of piperazine rings is 1. The zero-order chi connectivity index (χ0) is 22.9. The van der Waals surface area contributed by atoms with E-state index in [0.29, 0.717) is 25.4 Å². The van der Waals surface area contributed by atoms with E-state index >= 15 is 0 Å². The number of hydrogen-bond acceptors (Lipinski definition) is 6. The van der Waals surface area contributed by atoms with Crippen LogP contribution in [0.5, 0.6) is 11.5 Å². The zero-order valence-electron chi connectivity index (χ0n) is 19.0. The Labute approximate surface area is 195 Å². The molecule has 1 aliphatic heterocycles. The van der Waals surface area contributed by atoms with Crippen molar-refractivity contribution in [2.45, 2.75) is 19.8 Å². The van der Waals surface area contributed by atoms with Crippen LogP contribution in [0.25, 0.3) is 0 Å². The maximum Gasteiger partial charge on any atom is 0.415 e. The molecule has 1 aliphatic rings. The molecular formula is C26H30N4O3. The number of benzene rings is 1. The van der Waals surface area contributed by atoms with Gasteiger partial charge in [0.05, 0.1) is 6.61 Å². The summed E-state index contributed by atoms with van der Waals surface area (Å²) in [5, 5.41) is 0. The van der Waals surface area contributed by atoms with Crippen LogP contribution in [0.4, 0.5) is 4.79 Å². The third kappa shape index (κ3) is 7.02. The highest BCUT2D eigenvalue weighted by molar-refractivity contribution is 5.70. The molecule has 0 spiro atoms. The number of amides is 1. The van der Waals surface area contributed by atoms with Crippen molar-refractivity contribution in [1.29, 1.82) is 0 Å². The summed E-state index contributed by atoms with van der Waals surface area (Å²) in [7, 11) is 0. The second-order valence-electron chi connectivity index (χ2n) is 8.20. The summed E-state index contributed by atoms with van der Waals surface area (Å²) in [5.41, 5.74) is 3.41. The lowest BCUT2D eigenvalue weighted by molar-refractivity contribution is 0.111. The van der Waals surface area contributed by atoms with Crippen molar-refractivity contribution in [2.75, 3.05) is 39.3 Å². The summed E-state index contributed by atoms with van der Waals surface area (Å²) in [6, 6.07) is 15.5. The molecule has 0 bridgehead atoms. The van der Waals surface area contributed by atoms with E-state index in [2.05, 4.69) is 27.0 Å². The van der Waals surface area contributed by atoms with E-state index in [1.807, 2.05) is 49.5 Å². The molecule has 7 heteroatoms. The fraction of sp³-hybridized carbons (Fsp3) is 0.346. The number of hydrogen-bond donors (Lipinski definition) is 0. The number of aromatic nitrogens is 2. The number of pyridine rings is 2. The van der Waals surface area contributed by atoms with Crippen LogP contribution in [0.2, 0.25) is 0 Å². The zero-order valence-corrected chi connectivity index (χ0v) is 19.0. The molecule has 33 heavy (non-hydrogen) atoms. The van der Waals surface area contributed by atoms with Gasteiger partial charge in [-0.2, -0.15) is 0 Å². The normalized spacial score (nSPS) is 14.2. The minimum atomic E-state index is -0.288. The lowest BCUT2D eigenvalue weighted by Gasteiger charge is -2.33. The van der Waals surface area contributed by atoms with E-state index in [-0.39, 0.29) is 6.09 Å². The van der Waals surface area contributed by atoms with Crippen molar-refractivity contribution in [1.82, 2.24) is 19.8 Å². The van der Waals surface area contributed by atoms with Crippen molar-refractivity contribution in [3.63, 3.8) is 0 Å². The molecule has 1 fully saturated rings. The fourth-order valence-electron chi connectivity index (χ4n) is 3.68. The summed E-state index contributed by atoms with van der Waals surface area (Å²) in [4.78, 5) is 25.1. The second kappa shape index (κ2) is 11.4. The lowest BCUT2D eigenvalue weighted by atomic mass is 10.1. The summed E-state index contributed by atoms with van der Waals surface area (Å²) in [6.07, 6.45) is 6.74. The molecule has 0 unspecified atom stereocenters. The molecule has 0 atom stereocenters. The van der Waals surface area contributed by atoms with Crippen LogP contribution in [0.15, 0.2) is 67.1 Å². The minimum Gasteiger partial charge on any atom is -0.493 e. The Bertz CT molecular complexity index is 1000. The first-order chi connectivity index (χ1) is 16.2. The molecule has 172 valence electrons. The van der Waals surface area contributed by atoms with E-state index in [4.69, 9.17) is 9.47 Å². The standard InChI is InChI=1S/C26H30N4O3/c1-21-2-5-23(28-20-21)10-14-29-15-17-30(18-16-29)26(31)33-25-6-3-22(4-7-25)11-19-32-24-8-12-27-13-9-24/h2-9,12-13,20H,10-11,14-19H2,1H3. The average molecular weight is 447 g/mol. The molecule has 1 aromatic carbocycles. The number of aryl methyl sites for hydroxylation is 1. The predicted octanol–water partition coefficient (Wildman–Crippen LogP) is 3.77. The summed E-state index contributed by atoms with van der Waals surface area (Å²) in [5.74, 6) is 1.37. The van der Waals surface area contributed by atoms with Crippen LogP contribution in [0, 0.1) is 6.92 Å². The molecule has 1 saturated heterocycles. The fourth-order valence-corrected chi connectivity index (χ4v) is 3.68. The number of nitrogens with zero attached hydrogens (tertiary/aromatic N) is 4. The van der Waals surface area contributed by atoms with Crippen molar-refractivity contribution >= 4 is 6.09 Å². The summed E-state index contributed by atoms with van der Waals surface area (Å²) >= 11 is 0. The van der Waals surface area contributed by atoms with Gasteiger partial charge in [-0.1, -0.05) is 18.2 Å². The largest absolute Gasteiger partial charge is 0.493 e. The van der Waals surface area contributed by atoms with E-state index in [9.17, 15) is 4.79 Å². The number of carbonyl (C=O) groups excluding carboxylic acids is 1. The predicted molar refractivity (Wildman–Crippen MR) is 127 cm³/mol. The number of carbonyl (C=O) groups is 1. The quantitative estimate of drug-likeness (QED) is 0.525. The molecule has 3 heterocycles. The third-order valence-electron chi connectivity index (χ3n) is 5.72. The van der Waals surface area contributed by atoms with Crippen LogP contribution < -0.4 is 9.47 Å². The highest BCUT2D eigenvalue weighted by Crippen LogP contribution is 2.16. The van der Waals surface area contributed by atoms with Gasteiger partial charge in [0.25, 0.3) is 0 Å². The summed E-state index contributed by atoms with van der Waals surface area (Å²) in [6.45, 7) is 6.60. The van der Waals surface area contributed by atoms with Crippen molar-refractivity contribution in [2.24, 2.45) is 0 Å². The lowest BCUT2D eigenvalue weighted by Crippen LogP contribution is -2.49. The van der Waals surface area contributed by atoms with Gasteiger partial charge in [-0.25, -0.2) is 4.79 Å². The van der Waals surface area contributed by atoms with E-state index in [1.54, 1.807) is 17.3 Å². The van der Waals surface area contributed by atoms with Crippen LogP contribution in [0.3, 0.4) is 0 Å². The minimum absolute atomic E-state index is 0.288. The Hall–Kier alpha value is -3.45. The van der Waals surface area contributed by atoms with Gasteiger partial charge in [-0.15, -0.1) is 0 Å². The van der Waals surface area contributed by atoms with Gasteiger partial charge in [0.1, 0.15) is 11.5 Å². The maximum absolute atomic E-state index is 12.5. The molecule has 4 rings (SSSR count). The highest BCUT2D eigenvalue weighted by Gasteiger charge is 2.22. The first kappa shape index (κ1) is 22.7. The van der Waals surface area contributed by atoms with Crippen molar-refractivity contribution in [3.05, 3.63) is 83.9 Å². The number of rotatable bonds is 8. The Morgan fingerprint density at radius 2 is 1.67 bits per heavy atom. The van der Waals surface area contributed by atoms with Crippen LogP contribution >= 0.6 is 0 Å². The van der Waals surface area contributed by atoms with Crippen LogP contribution in [-0.2, 0) is 12.8 Å². The number of ether oxygens (including phenoxy) is 2. The second-order valence-corrected chi connectivity index (χ2v) is 8.20. The summed E-state index contributed by atoms with van der Waals surface area (Å²) < 4.78 is 11.3. The molecule has 3 aromatic rings. The van der Waals surface area contributed by atoms with Gasteiger partial charge >= 0.3 is 6.09 Å². The molecule has 1 amide bonds. The van der Waals surface area contributed by atoms with Gasteiger partial charge in [-0.3, -0.25) is 14.9 Å². The van der Waals surface area contributed by atoms with Gasteiger partial charge in [-0.05, 0) is 48.4 Å². The van der Waals surface area contributed by atoms with Gasteiger partial charge in [0.15, 0.2) is 0 Å². The molecule has 0 radical (unpaired) electrons. The Morgan fingerprint density at radius 1 is 0.909 bits per heavy atom. The smallest absolute Gasteiger partial charge is 0.415 e. The molecule has 7 nitrogen and oxygen atoms in total. The maximum atomic E-state index is 12.5. The Kier molecular flexibility index (Phi) is 7.87. The molecule has 0 saturated carbocycles. The van der Waals surface area contributed by atoms with Crippen LogP contribution in [0.1, 0.15) is 16.8 Å². The van der Waals surface area contributed by atoms with E-state index in [0.717, 1.165) is 49.5 Å². The third-order valence-corrected chi connectivity index (χ3v) is 5.72. The van der Waals surface area contributed by atoms with Crippen molar-refractivity contribution < 1.29 is 14.3 Å². The van der Waals surface area contributed by atoms with E-state index < -0.39 is 0 Å². The first-order valence-corrected chi connectivity index (χ1v) is 11.4. The first-order valence-electron chi connectivity index (χ1n) is 11.4. The van der Waals surface area contributed by atoms with Gasteiger partial charge in [0, 0.05) is 69.8 Å². The molecular weight excluding hydrogens is 416 g/mol. The topological polar surface area (TPSA) is 67.8 Å². The molecule has 0 N–H and O–H groups in total. The van der Waals surface area contributed by atoms with Crippen molar-refractivity contribution in [3.8, 4) is 11.5 Å². The van der Waals surface area contributed by atoms with E-state index in [1.165, 1.54) is 5.56 Å². The average Bonchev–Trinajstić information content (AvgIpc) is 2.86. The molecule has 2 aromatic heterocycles. The van der Waals surface area contributed by atoms with Gasteiger partial charge in [0.2, 0.25) is 0 Å². The van der Waals surface area contributed by atoms with Crippen LogP contribution in [-0.4, -0.2) is 65.2 Å². The molecule has 0 aliphatic carbocycles. The monoisotopic (exact) mass is 446 g/mol.